The smallest absolute Gasteiger partial charge is 0.248 e. The molecule has 98 valence electrons. The van der Waals surface area contributed by atoms with Crippen LogP contribution >= 0.6 is 11.6 Å². The molecule has 0 saturated heterocycles. The molecular formula is C14H14ClN3O. The number of benzene rings is 1. The molecule has 4 nitrogen and oxygen atoms in total. The molecule has 1 aromatic heterocycles. The largest absolute Gasteiger partial charge is 0.380 e. The minimum absolute atomic E-state index is 0.426. The van der Waals surface area contributed by atoms with Crippen molar-refractivity contribution >= 4 is 23.2 Å². The molecule has 2 rings (SSSR count). The van der Waals surface area contributed by atoms with Gasteiger partial charge in [-0.25, -0.2) is 0 Å². The van der Waals surface area contributed by atoms with E-state index in [9.17, 15) is 4.79 Å². The van der Waals surface area contributed by atoms with E-state index in [0.717, 1.165) is 11.1 Å². The highest BCUT2D eigenvalue weighted by atomic mass is 35.5. The first-order valence-electron chi connectivity index (χ1n) is 5.80. The van der Waals surface area contributed by atoms with E-state index in [1.54, 1.807) is 30.6 Å². The minimum Gasteiger partial charge on any atom is -0.380 e. The maximum atomic E-state index is 11.1. The number of carbonyl (C=O) groups is 1. The van der Waals surface area contributed by atoms with E-state index < -0.39 is 5.91 Å². The average molecular weight is 276 g/mol. The first-order chi connectivity index (χ1) is 9.08. The van der Waals surface area contributed by atoms with Crippen LogP contribution in [0.5, 0.6) is 0 Å². The van der Waals surface area contributed by atoms with E-state index in [-0.39, 0.29) is 0 Å². The van der Waals surface area contributed by atoms with Crippen molar-refractivity contribution in [3.8, 4) is 0 Å². The SMILES string of the molecule is Cc1ccncc1CNc1cc(C(N)=O)ccc1Cl. The molecule has 1 amide bonds. The zero-order valence-corrected chi connectivity index (χ0v) is 11.2. The van der Waals surface area contributed by atoms with Crippen LogP contribution in [0.4, 0.5) is 5.69 Å². The van der Waals surface area contributed by atoms with Crippen molar-refractivity contribution in [1.29, 1.82) is 0 Å². The van der Waals surface area contributed by atoms with Gasteiger partial charge in [0.2, 0.25) is 5.91 Å². The Morgan fingerprint density at radius 1 is 1.42 bits per heavy atom. The number of pyridine rings is 1. The standard InChI is InChI=1S/C14H14ClN3O/c1-9-4-5-17-7-11(9)8-18-13-6-10(14(16)19)2-3-12(13)15/h2-7,18H,8H2,1H3,(H2,16,19). The van der Waals surface area contributed by atoms with Gasteiger partial charge in [0.1, 0.15) is 0 Å². The Bertz CT molecular complexity index is 613. The molecule has 0 bridgehead atoms. The minimum atomic E-state index is -0.475. The van der Waals surface area contributed by atoms with Crippen LogP contribution in [0.15, 0.2) is 36.7 Å². The molecule has 0 fully saturated rings. The summed E-state index contributed by atoms with van der Waals surface area (Å²) < 4.78 is 0. The number of hydrogen-bond donors (Lipinski definition) is 2. The average Bonchev–Trinajstić information content (AvgIpc) is 2.39. The number of aromatic nitrogens is 1. The second-order valence-electron chi connectivity index (χ2n) is 4.21. The molecule has 2 aromatic rings. The van der Waals surface area contributed by atoms with Gasteiger partial charge in [0.05, 0.1) is 10.7 Å². The second kappa shape index (κ2) is 5.71. The van der Waals surface area contributed by atoms with Crippen molar-refractivity contribution < 1.29 is 4.79 Å². The second-order valence-corrected chi connectivity index (χ2v) is 4.62. The first-order valence-corrected chi connectivity index (χ1v) is 6.18. The monoisotopic (exact) mass is 275 g/mol. The lowest BCUT2D eigenvalue weighted by atomic mass is 10.1. The number of carbonyl (C=O) groups excluding carboxylic acids is 1. The summed E-state index contributed by atoms with van der Waals surface area (Å²) in [5.41, 5.74) is 8.57. The van der Waals surface area contributed by atoms with Crippen LogP contribution in [0.2, 0.25) is 5.02 Å². The fourth-order valence-corrected chi connectivity index (χ4v) is 1.87. The van der Waals surface area contributed by atoms with Crippen LogP contribution in [0, 0.1) is 6.92 Å². The third-order valence-corrected chi connectivity index (χ3v) is 3.20. The van der Waals surface area contributed by atoms with E-state index in [2.05, 4.69) is 10.3 Å². The molecule has 1 heterocycles. The molecule has 0 saturated carbocycles. The van der Waals surface area contributed by atoms with E-state index >= 15 is 0 Å². The van der Waals surface area contributed by atoms with Crippen molar-refractivity contribution in [2.45, 2.75) is 13.5 Å². The summed E-state index contributed by atoms with van der Waals surface area (Å²) >= 11 is 6.08. The Kier molecular flexibility index (Phi) is 4.02. The number of nitrogens with two attached hydrogens (primary N) is 1. The van der Waals surface area contributed by atoms with Crippen molar-refractivity contribution in [3.05, 3.63) is 58.4 Å². The summed E-state index contributed by atoms with van der Waals surface area (Å²) in [7, 11) is 0. The zero-order valence-electron chi connectivity index (χ0n) is 10.5. The Balaban J connectivity index is 2.17. The van der Waals surface area contributed by atoms with Crippen LogP contribution in [0.25, 0.3) is 0 Å². The van der Waals surface area contributed by atoms with Gasteiger partial charge >= 0.3 is 0 Å². The molecular weight excluding hydrogens is 262 g/mol. The fraction of sp³-hybridized carbons (Fsp3) is 0.143. The van der Waals surface area contributed by atoms with Crippen LogP contribution in [0.3, 0.4) is 0 Å². The summed E-state index contributed by atoms with van der Waals surface area (Å²) in [6.45, 7) is 2.60. The van der Waals surface area contributed by atoms with Crippen molar-refractivity contribution in [2.75, 3.05) is 5.32 Å². The van der Waals surface area contributed by atoms with Crippen LogP contribution in [-0.4, -0.2) is 10.9 Å². The van der Waals surface area contributed by atoms with Crippen molar-refractivity contribution in [2.24, 2.45) is 5.73 Å². The molecule has 0 aliphatic rings. The summed E-state index contributed by atoms with van der Waals surface area (Å²) in [5, 5.41) is 3.73. The van der Waals surface area contributed by atoms with Gasteiger partial charge in [-0.3, -0.25) is 9.78 Å². The first kappa shape index (κ1) is 13.4. The van der Waals surface area contributed by atoms with E-state index in [1.807, 2.05) is 13.0 Å². The van der Waals surface area contributed by atoms with Gasteiger partial charge in [0, 0.05) is 24.5 Å². The molecule has 1 aromatic carbocycles. The van der Waals surface area contributed by atoms with Gasteiger partial charge in [0.15, 0.2) is 0 Å². The van der Waals surface area contributed by atoms with Gasteiger partial charge in [-0.05, 0) is 42.3 Å². The number of primary amides is 1. The normalized spacial score (nSPS) is 10.2. The Hall–Kier alpha value is -2.07. The van der Waals surface area contributed by atoms with E-state index in [4.69, 9.17) is 17.3 Å². The predicted molar refractivity (Wildman–Crippen MR) is 76.3 cm³/mol. The number of nitrogens with zero attached hydrogens (tertiary/aromatic N) is 1. The highest BCUT2D eigenvalue weighted by Crippen LogP contribution is 2.23. The highest BCUT2D eigenvalue weighted by molar-refractivity contribution is 6.33. The molecule has 0 aliphatic carbocycles. The molecule has 3 N–H and O–H groups in total. The van der Waals surface area contributed by atoms with Gasteiger partial charge in [-0.1, -0.05) is 11.6 Å². The molecule has 19 heavy (non-hydrogen) atoms. The molecule has 0 atom stereocenters. The van der Waals surface area contributed by atoms with Crippen LogP contribution in [-0.2, 0) is 6.54 Å². The number of rotatable bonds is 4. The fourth-order valence-electron chi connectivity index (χ4n) is 1.69. The molecule has 5 heteroatoms. The number of aryl methyl sites for hydroxylation is 1. The third kappa shape index (κ3) is 3.23. The predicted octanol–water partition coefficient (Wildman–Crippen LogP) is 2.75. The lowest BCUT2D eigenvalue weighted by Gasteiger charge is -2.11. The van der Waals surface area contributed by atoms with E-state index in [1.165, 1.54) is 0 Å². The Morgan fingerprint density at radius 2 is 2.21 bits per heavy atom. The summed E-state index contributed by atoms with van der Waals surface area (Å²) in [6.07, 6.45) is 3.55. The quantitative estimate of drug-likeness (QED) is 0.901. The number of anilines is 1. The number of hydrogen-bond acceptors (Lipinski definition) is 3. The van der Waals surface area contributed by atoms with Crippen molar-refractivity contribution in [3.63, 3.8) is 0 Å². The molecule has 0 aliphatic heterocycles. The summed E-state index contributed by atoms with van der Waals surface area (Å²) in [6, 6.07) is 6.85. The summed E-state index contributed by atoms with van der Waals surface area (Å²) in [4.78, 5) is 15.2. The van der Waals surface area contributed by atoms with Gasteiger partial charge < -0.3 is 11.1 Å². The topological polar surface area (TPSA) is 68.0 Å². The van der Waals surface area contributed by atoms with Gasteiger partial charge in [-0.2, -0.15) is 0 Å². The van der Waals surface area contributed by atoms with Gasteiger partial charge in [0.25, 0.3) is 0 Å². The lowest BCUT2D eigenvalue weighted by molar-refractivity contribution is 0.100. The number of halogens is 1. The Labute approximate surface area is 116 Å². The Morgan fingerprint density at radius 3 is 2.89 bits per heavy atom. The van der Waals surface area contributed by atoms with Crippen LogP contribution < -0.4 is 11.1 Å². The van der Waals surface area contributed by atoms with Crippen LogP contribution in [0.1, 0.15) is 21.5 Å². The molecule has 0 unspecified atom stereocenters. The maximum absolute atomic E-state index is 11.1. The summed E-state index contributed by atoms with van der Waals surface area (Å²) in [5.74, 6) is -0.475. The maximum Gasteiger partial charge on any atom is 0.248 e. The number of amides is 1. The third-order valence-electron chi connectivity index (χ3n) is 2.87. The molecule has 0 spiro atoms. The van der Waals surface area contributed by atoms with Crippen molar-refractivity contribution in [1.82, 2.24) is 4.98 Å². The highest BCUT2D eigenvalue weighted by Gasteiger charge is 2.06. The zero-order chi connectivity index (χ0) is 13.8. The molecule has 0 radical (unpaired) electrons. The lowest BCUT2D eigenvalue weighted by Crippen LogP contribution is -2.11. The van der Waals surface area contributed by atoms with Gasteiger partial charge in [-0.15, -0.1) is 0 Å². The number of nitrogens with one attached hydrogen (secondary N) is 1. The van der Waals surface area contributed by atoms with E-state index in [0.29, 0.717) is 22.8 Å².